The van der Waals surface area contributed by atoms with Crippen molar-refractivity contribution in [1.82, 2.24) is 0 Å². The van der Waals surface area contributed by atoms with Gasteiger partial charge < -0.3 is 19.8 Å². The monoisotopic (exact) mass is 636 g/mol. The van der Waals surface area contributed by atoms with Crippen molar-refractivity contribution in [2.75, 3.05) is 0 Å². The van der Waals surface area contributed by atoms with Gasteiger partial charge in [0.15, 0.2) is 0 Å². The van der Waals surface area contributed by atoms with Crippen LogP contribution in [0.4, 0.5) is 0 Å². The number of unbranched alkanes of at least 4 members (excludes halogenated alkanes) is 4. The average Bonchev–Trinajstić information content (AvgIpc) is 2.81. The fourth-order valence-electron chi connectivity index (χ4n) is 3.98. The normalized spacial score (nSPS) is 14.2. The molecule has 0 amide bonds. The van der Waals surface area contributed by atoms with E-state index in [4.69, 9.17) is 39.1 Å². The molecule has 0 saturated heterocycles. The lowest BCUT2D eigenvalue weighted by Crippen LogP contribution is -2.54. The van der Waals surface area contributed by atoms with E-state index in [-0.39, 0.29) is 25.7 Å². The van der Waals surface area contributed by atoms with E-state index in [1.165, 1.54) is 13.8 Å². The molecule has 0 aromatic heterocycles. The molecule has 0 spiro atoms. The summed E-state index contributed by atoms with van der Waals surface area (Å²) in [6.07, 6.45) is 2.40. The van der Waals surface area contributed by atoms with E-state index < -0.39 is 51.3 Å². The molecule has 0 radical (unpaired) electrons. The van der Waals surface area contributed by atoms with Gasteiger partial charge in [-0.2, -0.15) is 19.6 Å². The van der Waals surface area contributed by atoms with Gasteiger partial charge in [0.05, 0.1) is 22.4 Å². The minimum Gasteiger partial charge on any atom is -0.550 e. The van der Waals surface area contributed by atoms with Crippen LogP contribution in [-0.4, -0.2) is 45.9 Å². The van der Waals surface area contributed by atoms with Gasteiger partial charge in [-0.1, -0.05) is 25.7 Å². The molecule has 0 heterocycles. The maximum absolute atomic E-state index is 13.3. The molecule has 0 fully saturated rings. The molecule has 12 nitrogen and oxygen atoms in total. The van der Waals surface area contributed by atoms with Crippen molar-refractivity contribution in [2.45, 2.75) is 189 Å². The van der Waals surface area contributed by atoms with Gasteiger partial charge in [0.2, 0.25) is 11.6 Å². The van der Waals surface area contributed by atoms with E-state index in [2.05, 4.69) is 0 Å². The van der Waals surface area contributed by atoms with Crippen molar-refractivity contribution in [3.63, 3.8) is 0 Å². The zero-order chi connectivity index (χ0) is 34.7. The Kier molecular flexibility index (Phi) is 16.4. The molecule has 0 aliphatic rings. The molecule has 0 rings (SSSR count). The third-order valence-corrected chi connectivity index (χ3v) is 5.66. The number of aliphatic carboxylic acids is 2. The number of hydrogen-bond donors (Lipinski definition) is 0. The van der Waals surface area contributed by atoms with Crippen LogP contribution in [0.3, 0.4) is 0 Å². The summed E-state index contributed by atoms with van der Waals surface area (Å²) >= 11 is 0. The molecule has 0 aliphatic carbocycles. The lowest BCUT2D eigenvalue weighted by atomic mass is 9.72. The van der Waals surface area contributed by atoms with Crippen LogP contribution < -0.4 is 10.2 Å². The number of carboxylic acids is 2. The highest BCUT2D eigenvalue weighted by atomic mass is 17.3. The van der Waals surface area contributed by atoms with Gasteiger partial charge in [-0.3, -0.25) is 0 Å². The summed E-state index contributed by atoms with van der Waals surface area (Å²) in [5.41, 5.74) is -4.75. The van der Waals surface area contributed by atoms with E-state index in [9.17, 15) is 19.8 Å². The summed E-state index contributed by atoms with van der Waals surface area (Å²) < 4.78 is 0. The van der Waals surface area contributed by atoms with Gasteiger partial charge in [-0.05, 0) is 116 Å². The first-order valence-corrected chi connectivity index (χ1v) is 15.5. The Morgan fingerprint density at radius 3 is 1.02 bits per heavy atom. The summed E-state index contributed by atoms with van der Waals surface area (Å²) in [7, 11) is 0. The van der Waals surface area contributed by atoms with Gasteiger partial charge in [-0.15, -0.1) is 0 Å². The Balaban J connectivity index is 6.60. The minimum absolute atomic E-state index is 0.0217. The molecule has 0 saturated carbocycles. The van der Waals surface area contributed by atoms with Gasteiger partial charge >= 0.3 is 0 Å². The smallest absolute Gasteiger partial charge is 0.232 e. The summed E-state index contributed by atoms with van der Waals surface area (Å²) in [4.78, 5) is 69.5. The second kappa shape index (κ2) is 17.0. The molecule has 0 unspecified atom stereocenters. The number of carbonyl (C=O) groups is 2. The van der Waals surface area contributed by atoms with Gasteiger partial charge in [0.1, 0.15) is 0 Å². The average molecular weight is 637 g/mol. The maximum Gasteiger partial charge on any atom is 0.232 e. The minimum atomic E-state index is -1.73. The molecule has 0 aliphatic heterocycles. The Morgan fingerprint density at radius 1 is 0.455 bits per heavy atom. The largest absolute Gasteiger partial charge is 0.550 e. The number of hydrogen-bond acceptors (Lipinski definition) is 12. The quantitative estimate of drug-likeness (QED) is 0.0685. The maximum atomic E-state index is 13.3. The molecule has 0 aromatic carbocycles. The Morgan fingerprint density at radius 2 is 0.750 bits per heavy atom. The zero-order valence-corrected chi connectivity index (χ0v) is 29.8. The topological polar surface area (TPSA) is 154 Å². The highest BCUT2D eigenvalue weighted by molar-refractivity contribution is 5.72. The summed E-state index contributed by atoms with van der Waals surface area (Å²) in [5, 5.41) is 24.0. The van der Waals surface area contributed by atoms with Crippen molar-refractivity contribution < 1.29 is 58.9 Å². The Labute approximate surface area is 265 Å². The molecule has 0 aromatic rings. The molecule has 0 bridgehead atoms. The van der Waals surface area contributed by atoms with Crippen LogP contribution in [0.25, 0.3) is 0 Å². The van der Waals surface area contributed by atoms with Crippen molar-refractivity contribution >= 4 is 11.9 Å². The predicted octanol–water partition coefficient (Wildman–Crippen LogP) is 5.40. The molecule has 44 heavy (non-hydrogen) atoms. The summed E-state index contributed by atoms with van der Waals surface area (Å²) in [6, 6.07) is 0. The zero-order valence-electron chi connectivity index (χ0n) is 29.8. The second-order valence-electron chi connectivity index (χ2n) is 15.9. The first-order valence-electron chi connectivity index (χ1n) is 15.5. The third kappa shape index (κ3) is 20.6. The first kappa shape index (κ1) is 42.6. The van der Waals surface area contributed by atoms with Crippen LogP contribution in [0.15, 0.2) is 0 Å². The Hall–Kier alpha value is -1.38. The second-order valence-corrected chi connectivity index (χ2v) is 15.9. The van der Waals surface area contributed by atoms with E-state index >= 15 is 0 Å². The van der Waals surface area contributed by atoms with Crippen LogP contribution in [0.5, 0.6) is 0 Å². The van der Waals surface area contributed by atoms with Gasteiger partial charge in [0.25, 0.3) is 0 Å². The fourth-order valence-corrected chi connectivity index (χ4v) is 3.98. The molecule has 262 valence electrons. The van der Waals surface area contributed by atoms with Crippen LogP contribution in [-0.2, 0) is 48.7 Å². The lowest BCUT2D eigenvalue weighted by molar-refractivity contribution is -0.549. The van der Waals surface area contributed by atoms with Crippen LogP contribution in [0.2, 0.25) is 0 Å². The third-order valence-electron chi connectivity index (χ3n) is 5.66. The van der Waals surface area contributed by atoms with Crippen LogP contribution in [0.1, 0.15) is 155 Å². The highest BCUT2D eigenvalue weighted by Crippen LogP contribution is 2.45. The lowest BCUT2D eigenvalue weighted by Gasteiger charge is -2.45. The summed E-state index contributed by atoms with van der Waals surface area (Å²) in [6.45, 7) is 24.3. The molecule has 0 atom stereocenters. The van der Waals surface area contributed by atoms with E-state index in [1.807, 2.05) is 0 Å². The Bertz CT molecular complexity index is 774. The van der Waals surface area contributed by atoms with E-state index in [0.717, 1.165) is 0 Å². The van der Waals surface area contributed by atoms with Crippen molar-refractivity contribution in [2.24, 2.45) is 5.41 Å². The van der Waals surface area contributed by atoms with Crippen molar-refractivity contribution in [1.29, 1.82) is 0 Å². The SMILES string of the molecule is CC(C)(C)OOC(C)(CC(CCCCCCCC(=O)[O-])(CC(C)(OOC(C)(C)C)OOC(C)(C)C)C(=O)[O-])OOC(C)(C)C. The van der Waals surface area contributed by atoms with E-state index in [1.54, 1.807) is 83.1 Å². The highest BCUT2D eigenvalue weighted by Gasteiger charge is 2.50. The van der Waals surface area contributed by atoms with Crippen LogP contribution >= 0.6 is 0 Å². The first-order chi connectivity index (χ1) is 19.6. The predicted molar refractivity (Wildman–Crippen MR) is 159 cm³/mol. The van der Waals surface area contributed by atoms with Crippen molar-refractivity contribution in [3.05, 3.63) is 0 Å². The van der Waals surface area contributed by atoms with Crippen molar-refractivity contribution in [3.8, 4) is 0 Å². The molecular weight excluding hydrogens is 576 g/mol. The standard InChI is InChI=1S/C32H62O12/c1-26(2,3)37-41-30(13,42-38-27(4,5)6)22-32(25(35)36,21-19-17-15-16-18-20-24(33)34)23-31(14,43-39-28(7,8)9)44-40-29(10,11)12/h15-23H2,1-14H3,(H,33,34)(H,35,36)/p-2. The summed E-state index contributed by atoms with van der Waals surface area (Å²) in [5.74, 6) is -5.95. The van der Waals surface area contributed by atoms with E-state index in [0.29, 0.717) is 32.1 Å². The number of carboxylic acid groups (broad SMARTS) is 2. The molecular formula is C32H60O12-2. The van der Waals surface area contributed by atoms with Crippen LogP contribution in [0, 0.1) is 5.41 Å². The van der Waals surface area contributed by atoms with Gasteiger partial charge in [-0.25, -0.2) is 19.6 Å². The molecule has 0 N–H and O–H groups in total. The van der Waals surface area contributed by atoms with Gasteiger partial charge in [0, 0.05) is 30.2 Å². The fraction of sp³-hybridized carbons (Fsp3) is 0.938. The number of rotatable bonds is 21. The number of carbonyl (C=O) groups excluding carboxylic acids is 2. The molecule has 12 heteroatoms.